The van der Waals surface area contributed by atoms with Crippen LogP contribution in [0, 0.1) is 6.92 Å². The summed E-state index contributed by atoms with van der Waals surface area (Å²) in [6, 6.07) is 13.5. The molecule has 110 valence electrons. The summed E-state index contributed by atoms with van der Waals surface area (Å²) in [4.78, 5) is 3.53. The molecule has 0 bridgehead atoms. The summed E-state index contributed by atoms with van der Waals surface area (Å²) in [6.07, 6.45) is 1.37. The number of benzene rings is 2. The van der Waals surface area contributed by atoms with E-state index in [0.717, 1.165) is 5.56 Å². The summed E-state index contributed by atoms with van der Waals surface area (Å²) in [6.45, 7) is 1.88. The molecule has 2 aromatic carbocycles. The topological polar surface area (TPSA) is 69.8 Å². The standard InChI is InChI=1S/C15H15N2O3S.Na/c1-12-6-8-15(9-7-12)21(18,19)17-16-11-13-4-3-5-14(10-13)20-2;/h3-11H,1-2H3;/q-1;+1/b16-11+;. The van der Waals surface area contributed by atoms with Gasteiger partial charge in [-0.3, -0.25) is 0 Å². The Kier molecular flexibility index (Phi) is 7.09. The van der Waals surface area contributed by atoms with Crippen LogP contribution in [0.2, 0.25) is 0 Å². The molecule has 22 heavy (non-hydrogen) atoms. The van der Waals surface area contributed by atoms with E-state index < -0.39 is 10.0 Å². The average Bonchev–Trinajstić information content (AvgIpc) is 2.48. The van der Waals surface area contributed by atoms with Crippen molar-refractivity contribution in [3.63, 3.8) is 0 Å². The summed E-state index contributed by atoms with van der Waals surface area (Å²) in [5, 5.41) is 3.64. The molecule has 0 radical (unpaired) electrons. The fraction of sp³-hybridized carbons (Fsp3) is 0.133. The second-order valence-electron chi connectivity index (χ2n) is 4.39. The first-order chi connectivity index (χ1) is 10.0. The molecule has 0 aromatic heterocycles. The van der Waals surface area contributed by atoms with E-state index in [-0.39, 0.29) is 34.5 Å². The molecule has 7 heteroatoms. The molecule has 0 saturated heterocycles. The van der Waals surface area contributed by atoms with E-state index in [0.29, 0.717) is 11.3 Å². The molecule has 0 amide bonds. The van der Waals surface area contributed by atoms with Crippen LogP contribution in [0.25, 0.3) is 4.83 Å². The molecule has 0 aliphatic heterocycles. The maximum absolute atomic E-state index is 12.0. The molecular formula is C15H15N2NaO3S. The monoisotopic (exact) mass is 326 g/mol. The van der Waals surface area contributed by atoms with Crippen LogP contribution in [-0.2, 0) is 10.0 Å². The van der Waals surface area contributed by atoms with Gasteiger partial charge >= 0.3 is 29.6 Å². The Morgan fingerprint density at radius 3 is 2.45 bits per heavy atom. The van der Waals surface area contributed by atoms with Crippen molar-refractivity contribution in [2.45, 2.75) is 11.8 Å². The first-order valence-electron chi connectivity index (χ1n) is 6.22. The molecule has 0 N–H and O–H groups in total. The van der Waals surface area contributed by atoms with Gasteiger partial charge in [0, 0.05) is 6.21 Å². The Hall–Kier alpha value is -1.34. The molecular weight excluding hydrogens is 311 g/mol. The molecule has 2 rings (SSSR count). The number of methoxy groups -OCH3 is 1. The number of ether oxygens (including phenoxy) is 1. The molecule has 0 saturated carbocycles. The third-order valence-electron chi connectivity index (χ3n) is 2.77. The van der Waals surface area contributed by atoms with Gasteiger partial charge in [-0.05, 0) is 36.8 Å². The van der Waals surface area contributed by atoms with Crippen molar-refractivity contribution in [2.75, 3.05) is 7.11 Å². The van der Waals surface area contributed by atoms with E-state index in [1.54, 1.807) is 43.5 Å². The number of sulfonamides is 1. The zero-order chi connectivity index (χ0) is 15.3. The summed E-state index contributed by atoms with van der Waals surface area (Å²) in [5.74, 6) is 0.667. The van der Waals surface area contributed by atoms with Crippen LogP contribution in [0.3, 0.4) is 0 Å². The van der Waals surface area contributed by atoms with E-state index in [2.05, 4.69) is 9.93 Å². The maximum Gasteiger partial charge on any atom is 1.00 e. The van der Waals surface area contributed by atoms with E-state index >= 15 is 0 Å². The van der Waals surface area contributed by atoms with Crippen molar-refractivity contribution in [1.82, 2.24) is 0 Å². The van der Waals surface area contributed by atoms with Crippen molar-refractivity contribution in [2.24, 2.45) is 5.10 Å². The first-order valence-corrected chi connectivity index (χ1v) is 7.66. The van der Waals surface area contributed by atoms with Crippen LogP contribution in [0.1, 0.15) is 11.1 Å². The summed E-state index contributed by atoms with van der Waals surface area (Å²) < 4.78 is 29.0. The second kappa shape index (κ2) is 8.33. The second-order valence-corrected chi connectivity index (χ2v) is 5.98. The third kappa shape index (κ3) is 5.14. The van der Waals surface area contributed by atoms with E-state index in [1.165, 1.54) is 18.3 Å². The quantitative estimate of drug-likeness (QED) is 0.445. The van der Waals surface area contributed by atoms with Crippen molar-refractivity contribution < 1.29 is 42.7 Å². The van der Waals surface area contributed by atoms with Crippen LogP contribution in [0.15, 0.2) is 58.5 Å². The van der Waals surface area contributed by atoms with E-state index in [4.69, 9.17) is 4.74 Å². The van der Waals surface area contributed by atoms with Gasteiger partial charge in [-0.1, -0.05) is 29.8 Å². The van der Waals surface area contributed by atoms with Gasteiger partial charge < -0.3 is 14.7 Å². The maximum atomic E-state index is 12.0. The Morgan fingerprint density at radius 1 is 1.14 bits per heavy atom. The van der Waals surface area contributed by atoms with Crippen molar-refractivity contribution in [3.8, 4) is 5.75 Å². The van der Waals surface area contributed by atoms with Crippen LogP contribution < -0.4 is 34.3 Å². The zero-order valence-electron chi connectivity index (χ0n) is 12.7. The summed E-state index contributed by atoms with van der Waals surface area (Å²) in [7, 11) is -2.21. The van der Waals surface area contributed by atoms with Gasteiger partial charge in [0.1, 0.15) is 15.8 Å². The van der Waals surface area contributed by atoms with E-state index in [1.807, 2.05) is 6.92 Å². The smallest absolute Gasteiger partial charge is 0.497 e. The van der Waals surface area contributed by atoms with E-state index in [9.17, 15) is 8.42 Å². The fourth-order valence-corrected chi connectivity index (χ4v) is 2.38. The van der Waals surface area contributed by atoms with Gasteiger partial charge in [0.25, 0.3) is 0 Å². The zero-order valence-corrected chi connectivity index (χ0v) is 15.5. The van der Waals surface area contributed by atoms with Crippen LogP contribution in [0.5, 0.6) is 5.75 Å². The Morgan fingerprint density at radius 2 is 1.82 bits per heavy atom. The average molecular weight is 326 g/mol. The molecule has 0 unspecified atom stereocenters. The Labute approximate surface area is 152 Å². The van der Waals surface area contributed by atoms with Crippen molar-refractivity contribution in [1.29, 1.82) is 0 Å². The number of aryl methyl sites for hydroxylation is 1. The normalized spacial score (nSPS) is 11.0. The third-order valence-corrected chi connectivity index (χ3v) is 3.95. The van der Waals surface area contributed by atoms with Gasteiger partial charge in [-0.25, -0.2) is 8.42 Å². The Balaban J connectivity index is 0.00000242. The molecule has 0 atom stereocenters. The predicted octanol–water partition coefficient (Wildman–Crippen LogP) is 0.104. The molecule has 5 nitrogen and oxygen atoms in total. The minimum atomic E-state index is -3.77. The van der Waals surface area contributed by atoms with Gasteiger partial charge in [0.05, 0.1) is 12.0 Å². The van der Waals surface area contributed by atoms with Crippen molar-refractivity contribution >= 4 is 16.2 Å². The van der Waals surface area contributed by atoms with Crippen molar-refractivity contribution in [3.05, 3.63) is 64.5 Å². The van der Waals surface area contributed by atoms with Gasteiger partial charge in [-0.15, -0.1) is 0 Å². The number of hydrogen-bond acceptors (Lipinski definition) is 4. The van der Waals surface area contributed by atoms with Crippen LogP contribution in [0.4, 0.5) is 0 Å². The van der Waals surface area contributed by atoms with Gasteiger partial charge in [-0.2, -0.15) is 0 Å². The number of nitrogens with zero attached hydrogens (tertiary/aromatic N) is 2. The Bertz CT molecular complexity index is 744. The van der Waals surface area contributed by atoms with Gasteiger partial charge in [0.2, 0.25) is 0 Å². The summed E-state index contributed by atoms with van der Waals surface area (Å²) >= 11 is 0. The molecule has 0 aliphatic carbocycles. The van der Waals surface area contributed by atoms with Crippen LogP contribution >= 0.6 is 0 Å². The fourth-order valence-electron chi connectivity index (χ4n) is 1.63. The molecule has 0 heterocycles. The molecule has 0 aliphatic rings. The predicted molar refractivity (Wildman–Crippen MR) is 82.3 cm³/mol. The molecule has 0 fully saturated rings. The minimum Gasteiger partial charge on any atom is -0.497 e. The molecule has 0 spiro atoms. The minimum absolute atomic E-state index is 0. The number of rotatable bonds is 5. The summed E-state index contributed by atoms with van der Waals surface area (Å²) in [5.41, 5.74) is 1.69. The SMILES string of the molecule is COc1cccc(/C=N/[N-]S(=O)(=O)c2ccc(C)cc2)c1.[Na+]. The largest absolute Gasteiger partial charge is 1.00 e. The number of hydrogen-bond donors (Lipinski definition) is 0. The van der Waals surface area contributed by atoms with Crippen LogP contribution in [-0.4, -0.2) is 21.7 Å². The van der Waals surface area contributed by atoms with Gasteiger partial charge in [0.15, 0.2) is 0 Å². The molecule has 2 aromatic rings. The first kappa shape index (κ1) is 18.7.